The Morgan fingerprint density at radius 2 is 1.81 bits per heavy atom. The first-order valence-corrected chi connectivity index (χ1v) is 6.66. The van der Waals surface area contributed by atoms with Gasteiger partial charge in [0, 0.05) is 18.2 Å². The van der Waals surface area contributed by atoms with Crippen molar-refractivity contribution in [2.24, 2.45) is 0 Å². The van der Waals surface area contributed by atoms with Crippen LogP contribution in [0.25, 0.3) is 11.3 Å². The van der Waals surface area contributed by atoms with E-state index in [0.717, 1.165) is 17.5 Å². The SMILES string of the molecule is Cc1ncc(-c2ccc(F)cc2F)n1Cc1ccccc1. The average molecular weight is 284 g/mol. The molecule has 0 unspecified atom stereocenters. The second-order valence-electron chi connectivity index (χ2n) is 4.89. The largest absolute Gasteiger partial charge is 0.324 e. The minimum Gasteiger partial charge on any atom is -0.324 e. The molecule has 0 saturated heterocycles. The van der Waals surface area contributed by atoms with E-state index >= 15 is 0 Å². The first-order chi connectivity index (χ1) is 10.1. The van der Waals surface area contributed by atoms with Gasteiger partial charge in [-0.05, 0) is 24.6 Å². The molecule has 0 saturated carbocycles. The highest BCUT2D eigenvalue weighted by Gasteiger charge is 2.13. The molecule has 0 atom stereocenters. The van der Waals surface area contributed by atoms with Gasteiger partial charge in [-0.3, -0.25) is 0 Å². The summed E-state index contributed by atoms with van der Waals surface area (Å²) in [5.41, 5.74) is 2.10. The first-order valence-electron chi connectivity index (χ1n) is 6.66. The molecule has 2 nitrogen and oxygen atoms in total. The number of aryl methyl sites for hydroxylation is 1. The molecule has 0 aliphatic carbocycles. The third-order valence-electron chi connectivity index (χ3n) is 3.45. The van der Waals surface area contributed by atoms with Crippen LogP contribution < -0.4 is 0 Å². The van der Waals surface area contributed by atoms with E-state index < -0.39 is 11.6 Å². The Hall–Kier alpha value is -2.49. The van der Waals surface area contributed by atoms with Crippen molar-refractivity contribution in [3.05, 3.63) is 77.8 Å². The van der Waals surface area contributed by atoms with Crippen LogP contribution in [0.3, 0.4) is 0 Å². The maximum Gasteiger partial charge on any atom is 0.135 e. The Labute approximate surface area is 121 Å². The number of hydrogen-bond donors (Lipinski definition) is 0. The van der Waals surface area contributed by atoms with Gasteiger partial charge in [0.2, 0.25) is 0 Å². The molecule has 106 valence electrons. The molecule has 0 bridgehead atoms. The number of rotatable bonds is 3. The van der Waals surface area contributed by atoms with E-state index in [1.165, 1.54) is 12.1 Å². The molecule has 0 aliphatic heterocycles. The summed E-state index contributed by atoms with van der Waals surface area (Å²) in [5.74, 6) is -0.371. The van der Waals surface area contributed by atoms with Crippen LogP contribution in [0.2, 0.25) is 0 Å². The highest BCUT2D eigenvalue weighted by atomic mass is 19.1. The minimum absolute atomic E-state index is 0.355. The van der Waals surface area contributed by atoms with Crippen molar-refractivity contribution in [2.45, 2.75) is 13.5 Å². The zero-order valence-corrected chi connectivity index (χ0v) is 11.6. The number of nitrogens with zero attached hydrogens (tertiary/aromatic N) is 2. The van der Waals surface area contributed by atoms with Crippen LogP contribution in [0.1, 0.15) is 11.4 Å². The topological polar surface area (TPSA) is 17.8 Å². The van der Waals surface area contributed by atoms with Gasteiger partial charge in [-0.15, -0.1) is 0 Å². The Balaban J connectivity index is 2.04. The third kappa shape index (κ3) is 2.70. The summed E-state index contributed by atoms with van der Waals surface area (Å²) in [7, 11) is 0. The van der Waals surface area contributed by atoms with Crippen LogP contribution in [-0.4, -0.2) is 9.55 Å². The molecular formula is C17H14F2N2. The summed E-state index contributed by atoms with van der Waals surface area (Å²) >= 11 is 0. The molecule has 0 amide bonds. The van der Waals surface area contributed by atoms with Crippen molar-refractivity contribution < 1.29 is 8.78 Å². The normalized spacial score (nSPS) is 10.8. The fourth-order valence-corrected chi connectivity index (χ4v) is 2.35. The van der Waals surface area contributed by atoms with Crippen molar-refractivity contribution in [3.63, 3.8) is 0 Å². The van der Waals surface area contributed by atoms with Crippen molar-refractivity contribution >= 4 is 0 Å². The van der Waals surface area contributed by atoms with Gasteiger partial charge in [-0.2, -0.15) is 0 Å². The molecule has 0 aliphatic rings. The Bertz CT molecular complexity index is 764. The molecule has 0 radical (unpaired) electrons. The van der Waals surface area contributed by atoms with Gasteiger partial charge in [0.15, 0.2) is 0 Å². The Morgan fingerprint density at radius 1 is 1.05 bits per heavy atom. The summed E-state index contributed by atoms with van der Waals surface area (Å²) in [6.07, 6.45) is 1.62. The number of benzene rings is 2. The summed E-state index contributed by atoms with van der Waals surface area (Å²) in [4.78, 5) is 4.26. The smallest absolute Gasteiger partial charge is 0.135 e. The lowest BCUT2D eigenvalue weighted by Crippen LogP contribution is -2.04. The van der Waals surface area contributed by atoms with Crippen molar-refractivity contribution in [2.75, 3.05) is 0 Å². The molecule has 3 rings (SSSR count). The van der Waals surface area contributed by atoms with E-state index in [1.54, 1.807) is 6.20 Å². The van der Waals surface area contributed by atoms with Gasteiger partial charge in [-0.25, -0.2) is 13.8 Å². The molecule has 3 aromatic rings. The van der Waals surface area contributed by atoms with Gasteiger partial charge >= 0.3 is 0 Å². The molecular weight excluding hydrogens is 270 g/mol. The monoisotopic (exact) mass is 284 g/mol. The summed E-state index contributed by atoms with van der Waals surface area (Å²) in [6.45, 7) is 2.46. The lowest BCUT2D eigenvalue weighted by atomic mass is 10.1. The Morgan fingerprint density at radius 3 is 2.52 bits per heavy atom. The molecule has 2 aromatic carbocycles. The van der Waals surface area contributed by atoms with Crippen LogP contribution in [0.15, 0.2) is 54.7 Å². The van der Waals surface area contributed by atoms with Crippen molar-refractivity contribution in [3.8, 4) is 11.3 Å². The number of hydrogen-bond acceptors (Lipinski definition) is 1. The molecule has 0 fully saturated rings. The van der Waals surface area contributed by atoms with Crippen LogP contribution >= 0.6 is 0 Å². The van der Waals surface area contributed by atoms with Crippen LogP contribution in [0.4, 0.5) is 8.78 Å². The predicted octanol–water partition coefficient (Wildman–Crippen LogP) is 4.19. The maximum absolute atomic E-state index is 14.0. The lowest BCUT2D eigenvalue weighted by molar-refractivity contribution is 0.584. The van der Waals surface area contributed by atoms with Crippen molar-refractivity contribution in [1.29, 1.82) is 0 Å². The fraction of sp³-hybridized carbons (Fsp3) is 0.118. The van der Waals surface area contributed by atoms with Crippen LogP contribution in [0, 0.1) is 18.6 Å². The highest BCUT2D eigenvalue weighted by molar-refractivity contribution is 5.60. The molecule has 4 heteroatoms. The number of halogens is 2. The zero-order valence-electron chi connectivity index (χ0n) is 11.6. The minimum atomic E-state index is -0.581. The second kappa shape index (κ2) is 5.48. The van der Waals surface area contributed by atoms with Crippen molar-refractivity contribution in [1.82, 2.24) is 9.55 Å². The van der Waals surface area contributed by atoms with Crippen LogP contribution in [-0.2, 0) is 6.54 Å². The standard InChI is InChI=1S/C17H14F2N2/c1-12-20-10-17(15-8-7-14(18)9-16(15)19)21(12)11-13-5-3-2-4-6-13/h2-10H,11H2,1H3. The lowest BCUT2D eigenvalue weighted by Gasteiger charge is -2.11. The van der Waals surface area contributed by atoms with Crippen LogP contribution in [0.5, 0.6) is 0 Å². The fourth-order valence-electron chi connectivity index (χ4n) is 2.35. The average Bonchev–Trinajstić information content (AvgIpc) is 2.82. The summed E-state index contributed by atoms with van der Waals surface area (Å²) in [6, 6.07) is 13.5. The van der Waals surface area contributed by atoms with E-state index in [1.807, 2.05) is 41.8 Å². The van der Waals surface area contributed by atoms with E-state index in [9.17, 15) is 8.78 Å². The Kier molecular flexibility index (Phi) is 3.52. The zero-order chi connectivity index (χ0) is 14.8. The number of aromatic nitrogens is 2. The van der Waals surface area contributed by atoms with E-state index in [-0.39, 0.29) is 0 Å². The van der Waals surface area contributed by atoms with Gasteiger partial charge in [-0.1, -0.05) is 30.3 Å². The maximum atomic E-state index is 14.0. The first kappa shape index (κ1) is 13.5. The molecule has 0 N–H and O–H groups in total. The summed E-state index contributed by atoms with van der Waals surface area (Å²) in [5, 5.41) is 0. The quantitative estimate of drug-likeness (QED) is 0.705. The van der Waals surface area contributed by atoms with Gasteiger partial charge in [0.25, 0.3) is 0 Å². The highest BCUT2D eigenvalue weighted by Crippen LogP contribution is 2.25. The predicted molar refractivity (Wildman–Crippen MR) is 77.9 cm³/mol. The molecule has 1 aromatic heterocycles. The van der Waals surface area contributed by atoms with Gasteiger partial charge < -0.3 is 4.57 Å². The van der Waals surface area contributed by atoms with E-state index in [0.29, 0.717) is 17.8 Å². The number of imidazole rings is 1. The molecule has 21 heavy (non-hydrogen) atoms. The van der Waals surface area contributed by atoms with E-state index in [4.69, 9.17) is 0 Å². The molecule has 1 heterocycles. The third-order valence-corrected chi connectivity index (χ3v) is 3.45. The summed E-state index contributed by atoms with van der Waals surface area (Å²) < 4.78 is 29.0. The second-order valence-corrected chi connectivity index (χ2v) is 4.89. The van der Waals surface area contributed by atoms with Gasteiger partial charge in [0.1, 0.15) is 17.5 Å². The van der Waals surface area contributed by atoms with E-state index in [2.05, 4.69) is 4.98 Å². The van der Waals surface area contributed by atoms with Gasteiger partial charge in [0.05, 0.1) is 11.9 Å². The molecule has 0 spiro atoms.